The summed E-state index contributed by atoms with van der Waals surface area (Å²) < 4.78 is 1.55. The van der Waals surface area contributed by atoms with Gasteiger partial charge in [0.15, 0.2) is 0 Å². The number of imide groups is 1. The highest BCUT2D eigenvalue weighted by Crippen LogP contribution is 2.21. The largest absolute Gasteiger partial charge is 0.326 e. The van der Waals surface area contributed by atoms with Crippen LogP contribution in [0.1, 0.15) is 30.1 Å². The molecule has 120 valence electrons. The molecule has 1 aliphatic rings. The number of fused-ring (bicyclic) bond motifs is 1. The van der Waals surface area contributed by atoms with Crippen molar-refractivity contribution in [2.24, 2.45) is 0 Å². The van der Waals surface area contributed by atoms with Crippen LogP contribution in [0, 0.1) is 0 Å². The number of hydrogen-bond donors (Lipinski definition) is 0. The normalized spacial score (nSPS) is 18.0. The Morgan fingerprint density at radius 3 is 2.83 bits per heavy atom. The second-order valence-corrected chi connectivity index (χ2v) is 5.47. The molecule has 23 heavy (non-hydrogen) atoms. The first-order valence-electron chi connectivity index (χ1n) is 7.43. The highest BCUT2D eigenvalue weighted by atomic mass is 16.2. The van der Waals surface area contributed by atoms with E-state index in [0.717, 1.165) is 4.90 Å². The summed E-state index contributed by atoms with van der Waals surface area (Å²) >= 11 is 0. The second kappa shape index (κ2) is 5.79. The van der Waals surface area contributed by atoms with Gasteiger partial charge in [0.05, 0.1) is 29.9 Å². The van der Waals surface area contributed by atoms with Gasteiger partial charge in [-0.25, -0.2) is 4.52 Å². The molecule has 0 spiro atoms. The third kappa shape index (κ3) is 2.45. The quantitative estimate of drug-likeness (QED) is 0.759. The van der Waals surface area contributed by atoms with Crippen LogP contribution in [0.5, 0.6) is 0 Å². The lowest BCUT2D eigenvalue weighted by Crippen LogP contribution is -2.45. The van der Waals surface area contributed by atoms with Gasteiger partial charge in [0.25, 0.3) is 11.8 Å². The van der Waals surface area contributed by atoms with Crippen molar-refractivity contribution in [3.05, 3.63) is 30.4 Å². The molecule has 3 heterocycles. The summed E-state index contributed by atoms with van der Waals surface area (Å²) in [6.07, 6.45) is 6.95. The second-order valence-electron chi connectivity index (χ2n) is 5.47. The number of likely N-dealkylation sites (tertiary alicyclic amines) is 1. The van der Waals surface area contributed by atoms with E-state index in [4.69, 9.17) is 0 Å². The van der Waals surface area contributed by atoms with Gasteiger partial charge in [0.2, 0.25) is 5.91 Å². The van der Waals surface area contributed by atoms with Crippen molar-refractivity contribution < 1.29 is 14.4 Å². The summed E-state index contributed by atoms with van der Waals surface area (Å²) in [5.41, 5.74) is 0.949. The molecule has 3 rings (SSSR count). The highest BCUT2D eigenvalue weighted by Gasteiger charge is 2.42. The Kier molecular flexibility index (Phi) is 3.81. The fraction of sp³-hybridized carbons (Fsp3) is 0.400. The van der Waals surface area contributed by atoms with Crippen molar-refractivity contribution in [3.63, 3.8) is 0 Å². The Labute approximate surface area is 132 Å². The zero-order valence-corrected chi connectivity index (χ0v) is 13.0. The molecule has 0 saturated carbocycles. The first-order chi connectivity index (χ1) is 11.0. The summed E-state index contributed by atoms with van der Waals surface area (Å²) in [5.74, 6) is -0.918. The molecular weight excluding hydrogens is 298 g/mol. The fourth-order valence-electron chi connectivity index (χ4n) is 2.77. The maximum Gasteiger partial charge on any atom is 0.258 e. The van der Waals surface area contributed by atoms with Crippen molar-refractivity contribution in [1.29, 1.82) is 0 Å². The Bertz CT molecular complexity index is 784. The number of rotatable bonds is 4. The Hall–Kier alpha value is -2.77. The van der Waals surface area contributed by atoms with Crippen LogP contribution in [0.15, 0.2) is 24.8 Å². The molecule has 8 heteroatoms. The molecule has 0 N–H and O–H groups in total. The minimum atomic E-state index is -0.744. The van der Waals surface area contributed by atoms with Crippen molar-refractivity contribution in [2.75, 3.05) is 13.6 Å². The van der Waals surface area contributed by atoms with E-state index in [0.29, 0.717) is 24.0 Å². The lowest BCUT2D eigenvalue weighted by molar-refractivity contribution is -0.137. The molecule has 1 aliphatic heterocycles. The van der Waals surface area contributed by atoms with Crippen molar-refractivity contribution in [3.8, 4) is 0 Å². The lowest BCUT2D eigenvalue weighted by atomic mass is 10.1. The van der Waals surface area contributed by atoms with E-state index in [1.807, 2.05) is 6.92 Å². The van der Waals surface area contributed by atoms with Crippen molar-refractivity contribution >= 4 is 23.2 Å². The number of carbonyl (C=O) groups is 3. The molecule has 1 saturated heterocycles. The van der Waals surface area contributed by atoms with Gasteiger partial charge in [-0.1, -0.05) is 6.92 Å². The summed E-state index contributed by atoms with van der Waals surface area (Å²) in [7, 11) is 1.44. The van der Waals surface area contributed by atoms with Gasteiger partial charge in [-0.05, 0) is 6.42 Å². The molecule has 2 aromatic rings. The fourth-order valence-corrected chi connectivity index (χ4v) is 2.77. The van der Waals surface area contributed by atoms with Gasteiger partial charge in [-0.15, -0.1) is 0 Å². The molecule has 8 nitrogen and oxygen atoms in total. The predicted molar refractivity (Wildman–Crippen MR) is 80.5 cm³/mol. The SMILES string of the molecule is CCCN(C(=O)c1cnn2ccncc12)C1CC(=O)N(C)C1=O. The van der Waals surface area contributed by atoms with Gasteiger partial charge in [0, 0.05) is 26.0 Å². The van der Waals surface area contributed by atoms with Crippen LogP contribution in [0.25, 0.3) is 5.52 Å². The molecule has 1 unspecified atom stereocenters. The van der Waals surface area contributed by atoms with Crippen LogP contribution in [0.3, 0.4) is 0 Å². The standard InChI is InChI=1S/C15H17N5O3/c1-3-5-19(11-7-13(21)18(2)15(11)23)14(22)10-8-17-20-6-4-16-9-12(10)20/h4,6,8-9,11H,3,5,7H2,1-2H3. The van der Waals surface area contributed by atoms with E-state index < -0.39 is 6.04 Å². The molecule has 2 aromatic heterocycles. The van der Waals surface area contributed by atoms with E-state index in [1.54, 1.807) is 23.1 Å². The van der Waals surface area contributed by atoms with Crippen LogP contribution in [-0.4, -0.2) is 61.8 Å². The zero-order chi connectivity index (χ0) is 16.6. The van der Waals surface area contributed by atoms with Crippen LogP contribution in [-0.2, 0) is 9.59 Å². The summed E-state index contributed by atoms with van der Waals surface area (Å²) in [6.45, 7) is 2.32. The first kappa shape index (κ1) is 15.1. The van der Waals surface area contributed by atoms with E-state index in [2.05, 4.69) is 10.1 Å². The minimum absolute atomic E-state index is 0.0263. The monoisotopic (exact) mass is 315 g/mol. The van der Waals surface area contributed by atoms with Gasteiger partial charge >= 0.3 is 0 Å². The molecule has 0 aromatic carbocycles. The maximum absolute atomic E-state index is 12.9. The lowest BCUT2D eigenvalue weighted by Gasteiger charge is -2.26. The third-order valence-corrected chi connectivity index (χ3v) is 4.01. The number of aromatic nitrogens is 3. The summed E-state index contributed by atoms with van der Waals surface area (Å²) in [6, 6.07) is -0.744. The molecule has 1 fully saturated rings. The molecule has 0 aliphatic carbocycles. The average molecular weight is 315 g/mol. The van der Waals surface area contributed by atoms with Gasteiger partial charge in [-0.3, -0.25) is 24.3 Å². The molecule has 0 radical (unpaired) electrons. The summed E-state index contributed by atoms with van der Waals surface area (Å²) in [5, 5.41) is 4.12. The smallest absolute Gasteiger partial charge is 0.258 e. The summed E-state index contributed by atoms with van der Waals surface area (Å²) in [4.78, 5) is 43.5. The zero-order valence-electron chi connectivity index (χ0n) is 13.0. The number of amides is 3. The van der Waals surface area contributed by atoms with Gasteiger partial charge in [-0.2, -0.15) is 5.10 Å². The Morgan fingerprint density at radius 1 is 1.39 bits per heavy atom. The number of likely N-dealkylation sites (N-methyl/N-ethyl adjacent to an activating group) is 1. The van der Waals surface area contributed by atoms with Crippen molar-refractivity contribution in [2.45, 2.75) is 25.8 Å². The average Bonchev–Trinajstić information content (AvgIpc) is 3.09. The van der Waals surface area contributed by atoms with Crippen molar-refractivity contribution in [1.82, 2.24) is 24.4 Å². The van der Waals surface area contributed by atoms with Gasteiger partial charge in [0.1, 0.15) is 6.04 Å². The number of nitrogens with zero attached hydrogens (tertiary/aromatic N) is 5. The number of hydrogen-bond acceptors (Lipinski definition) is 5. The number of carbonyl (C=O) groups excluding carboxylic acids is 3. The topological polar surface area (TPSA) is 87.9 Å². The van der Waals surface area contributed by atoms with Gasteiger partial charge < -0.3 is 4.90 Å². The third-order valence-electron chi connectivity index (χ3n) is 4.01. The van der Waals surface area contributed by atoms with Crippen LogP contribution in [0.2, 0.25) is 0 Å². The maximum atomic E-state index is 12.9. The molecule has 0 bridgehead atoms. The molecular formula is C15H17N5O3. The van der Waals surface area contributed by atoms with Crippen LogP contribution < -0.4 is 0 Å². The van der Waals surface area contributed by atoms with E-state index >= 15 is 0 Å². The van der Waals surface area contributed by atoms with Crippen LogP contribution in [0.4, 0.5) is 0 Å². The first-order valence-corrected chi connectivity index (χ1v) is 7.43. The van der Waals surface area contributed by atoms with Crippen LogP contribution >= 0.6 is 0 Å². The van der Waals surface area contributed by atoms with E-state index in [1.165, 1.54) is 18.1 Å². The molecule has 3 amide bonds. The Morgan fingerprint density at radius 2 is 2.17 bits per heavy atom. The highest BCUT2D eigenvalue weighted by molar-refractivity contribution is 6.09. The van der Waals surface area contributed by atoms with E-state index in [-0.39, 0.29) is 24.1 Å². The molecule has 1 atom stereocenters. The minimum Gasteiger partial charge on any atom is -0.326 e. The van der Waals surface area contributed by atoms with E-state index in [9.17, 15) is 14.4 Å². The Balaban J connectivity index is 1.96. The predicted octanol–water partition coefficient (Wildman–Crippen LogP) is 0.339.